The van der Waals surface area contributed by atoms with Crippen LogP contribution in [-0.2, 0) is 12.0 Å². The number of pyridine rings is 1. The first kappa shape index (κ1) is 19.7. The monoisotopic (exact) mass is 394 g/mol. The van der Waals surface area contributed by atoms with Crippen LogP contribution in [0.25, 0.3) is 0 Å². The SMILES string of the molecule is COc1ccc([C@@]23CC/C(=N/NCc4ccccn4)C[C@@H]2N(C)CC3)cc1OC. The molecule has 1 aromatic heterocycles. The number of likely N-dealkylation sites (tertiary alicyclic amines) is 1. The van der Waals surface area contributed by atoms with Gasteiger partial charge >= 0.3 is 0 Å². The summed E-state index contributed by atoms with van der Waals surface area (Å²) in [5, 5.41) is 4.71. The summed E-state index contributed by atoms with van der Waals surface area (Å²) in [7, 11) is 5.62. The Kier molecular flexibility index (Phi) is 5.72. The molecule has 6 heteroatoms. The Labute approximate surface area is 172 Å². The van der Waals surface area contributed by atoms with Crippen molar-refractivity contribution in [1.29, 1.82) is 0 Å². The number of fused-ring (bicyclic) bond motifs is 1. The Morgan fingerprint density at radius 2 is 2.03 bits per heavy atom. The molecule has 0 amide bonds. The third kappa shape index (κ3) is 3.81. The molecule has 0 radical (unpaired) electrons. The first-order valence-corrected chi connectivity index (χ1v) is 10.3. The molecule has 154 valence electrons. The minimum atomic E-state index is 0.147. The fourth-order valence-corrected chi connectivity index (χ4v) is 4.92. The lowest BCUT2D eigenvalue weighted by molar-refractivity contribution is 0.226. The van der Waals surface area contributed by atoms with Crippen molar-refractivity contribution in [1.82, 2.24) is 15.3 Å². The molecule has 2 fully saturated rings. The van der Waals surface area contributed by atoms with Crippen molar-refractivity contribution in [3.8, 4) is 11.5 Å². The van der Waals surface area contributed by atoms with Crippen LogP contribution in [0.3, 0.4) is 0 Å². The van der Waals surface area contributed by atoms with Crippen LogP contribution < -0.4 is 14.9 Å². The fourth-order valence-electron chi connectivity index (χ4n) is 4.92. The smallest absolute Gasteiger partial charge is 0.161 e. The zero-order valence-electron chi connectivity index (χ0n) is 17.5. The van der Waals surface area contributed by atoms with E-state index < -0.39 is 0 Å². The summed E-state index contributed by atoms with van der Waals surface area (Å²) >= 11 is 0. The van der Waals surface area contributed by atoms with Gasteiger partial charge in [-0.2, -0.15) is 5.10 Å². The largest absolute Gasteiger partial charge is 0.493 e. The Bertz CT molecular complexity index is 870. The Morgan fingerprint density at radius 1 is 1.17 bits per heavy atom. The number of rotatable bonds is 6. The molecule has 1 saturated heterocycles. The molecule has 2 aliphatic rings. The maximum Gasteiger partial charge on any atom is 0.161 e. The van der Waals surface area contributed by atoms with Gasteiger partial charge in [0, 0.05) is 29.8 Å². The Balaban J connectivity index is 1.52. The van der Waals surface area contributed by atoms with Crippen LogP contribution in [0, 0.1) is 0 Å². The van der Waals surface area contributed by atoms with Crippen LogP contribution in [0.15, 0.2) is 47.7 Å². The van der Waals surface area contributed by atoms with Crippen LogP contribution in [0.1, 0.15) is 36.9 Å². The van der Waals surface area contributed by atoms with E-state index in [1.807, 2.05) is 30.5 Å². The van der Waals surface area contributed by atoms with Gasteiger partial charge < -0.3 is 19.8 Å². The number of likely N-dealkylation sites (N-methyl/N-ethyl adjacent to an activating group) is 1. The number of aromatic nitrogens is 1. The zero-order valence-corrected chi connectivity index (χ0v) is 17.5. The summed E-state index contributed by atoms with van der Waals surface area (Å²) in [6.45, 7) is 1.76. The molecular formula is C23H30N4O2. The highest BCUT2D eigenvalue weighted by Crippen LogP contribution is 2.49. The summed E-state index contributed by atoms with van der Waals surface area (Å²) in [5.41, 5.74) is 6.97. The van der Waals surface area contributed by atoms with E-state index in [9.17, 15) is 0 Å². The first-order valence-electron chi connectivity index (χ1n) is 10.3. The molecule has 2 atom stereocenters. The van der Waals surface area contributed by atoms with E-state index >= 15 is 0 Å². The molecule has 1 aliphatic carbocycles. The number of nitrogens with one attached hydrogen (secondary N) is 1. The maximum absolute atomic E-state index is 5.58. The second-order valence-corrected chi connectivity index (χ2v) is 8.01. The van der Waals surface area contributed by atoms with Crippen molar-refractivity contribution in [2.45, 2.75) is 43.7 Å². The minimum Gasteiger partial charge on any atom is -0.493 e. The predicted molar refractivity (Wildman–Crippen MR) is 115 cm³/mol. The van der Waals surface area contributed by atoms with E-state index in [2.05, 4.69) is 34.5 Å². The third-order valence-electron chi connectivity index (χ3n) is 6.55. The van der Waals surface area contributed by atoms with Crippen molar-refractivity contribution in [3.05, 3.63) is 53.9 Å². The van der Waals surface area contributed by atoms with Gasteiger partial charge in [-0.15, -0.1) is 0 Å². The maximum atomic E-state index is 5.58. The van der Waals surface area contributed by atoms with E-state index in [0.717, 1.165) is 49.4 Å². The molecule has 2 heterocycles. The summed E-state index contributed by atoms with van der Waals surface area (Å²) in [6.07, 6.45) is 6.07. The van der Waals surface area contributed by atoms with Crippen molar-refractivity contribution in [3.63, 3.8) is 0 Å². The Morgan fingerprint density at radius 3 is 2.79 bits per heavy atom. The average molecular weight is 395 g/mol. The standard InChI is InChI=1S/C23H30N4O2/c1-27-13-11-23(17-7-8-20(28-2)21(14-17)29-3)10-9-18(15-22(23)27)26-25-16-19-6-4-5-12-24-19/h4-8,12,14,22,25H,9-11,13,15-16H2,1-3H3/b26-18-/t22-,23-/m0/s1. The van der Waals surface area contributed by atoms with Gasteiger partial charge in [0.1, 0.15) is 0 Å². The van der Waals surface area contributed by atoms with Crippen LogP contribution in [0.5, 0.6) is 11.5 Å². The van der Waals surface area contributed by atoms with Crippen LogP contribution in [0.2, 0.25) is 0 Å². The van der Waals surface area contributed by atoms with Gasteiger partial charge in [-0.25, -0.2) is 0 Å². The summed E-state index contributed by atoms with van der Waals surface area (Å²) < 4.78 is 11.0. The molecular weight excluding hydrogens is 364 g/mol. The van der Waals surface area contributed by atoms with Crippen LogP contribution >= 0.6 is 0 Å². The summed E-state index contributed by atoms with van der Waals surface area (Å²) in [6, 6.07) is 12.8. The van der Waals surface area contributed by atoms with Crippen molar-refractivity contribution >= 4 is 5.71 Å². The summed E-state index contributed by atoms with van der Waals surface area (Å²) in [4.78, 5) is 6.84. The molecule has 1 saturated carbocycles. The third-order valence-corrected chi connectivity index (χ3v) is 6.55. The number of nitrogens with zero attached hydrogens (tertiary/aromatic N) is 3. The fraction of sp³-hybridized carbons (Fsp3) is 0.478. The van der Waals surface area contributed by atoms with Crippen LogP contribution in [-0.4, -0.2) is 49.4 Å². The molecule has 1 aliphatic heterocycles. The lowest BCUT2D eigenvalue weighted by atomic mass is 9.65. The van der Waals surface area contributed by atoms with Gasteiger partial charge in [0.25, 0.3) is 0 Å². The van der Waals surface area contributed by atoms with E-state index in [1.54, 1.807) is 14.2 Å². The second-order valence-electron chi connectivity index (χ2n) is 8.01. The lowest BCUT2D eigenvalue weighted by Gasteiger charge is -2.42. The topological polar surface area (TPSA) is 59.0 Å². The molecule has 1 N–H and O–H groups in total. The van der Waals surface area contributed by atoms with Crippen molar-refractivity contribution in [2.75, 3.05) is 27.8 Å². The minimum absolute atomic E-state index is 0.147. The average Bonchev–Trinajstić information content (AvgIpc) is 3.11. The van der Waals surface area contributed by atoms with E-state index in [4.69, 9.17) is 14.6 Å². The number of hydrogen-bond donors (Lipinski definition) is 1. The number of ether oxygens (including phenoxy) is 2. The molecule has 0 bridgehead atoms. The Hall–Kier alpha value is -2.60. The normalized spacial score (nSPS) is 25.6. The van der Waals surface area contributed by atoms with Gasteiger partial charge in [0.05, 0.1) is 26.5 Å². The van der Waals surface area contributed by atoms with Gasteiger partial charge in [-0.3, -0.25) is 4.98 Å². The van der Waals surface area contributed by atoms with E-state index in [1.165, 1.54) is 11.3 Å². The van der Waals surface area contributed by atoms with Gasteiger partial charge in [0.2, 0.25) is 0 Å². The van der Waals surface area contributed by atoms with Gasteiger partial charge in [0.15, 0.2) is 11.5 Å². The molecule has 29 heavy (non-hydrogen) atoms. The second kappa shape index (κ2) is 8.41. The van der Waals surface area contributed by atoms with Crippen molar-refractivity contribution < 1.29 is 9.47 Å². The first-order chi connectivity index (χ1) is 14.2. The molecule has 0 spiro atoms. The number of methoxy groups -OCH3 is 2. The van der Waals surface area contributed by atoms with Gasteiger partial charge in [-0.05, 0) is 62.7 Å². The molecule has 6 nitrogen and oxygen atoms in total. The highest BCUT2D eigenvalue weighted by atomic mass is 16.5. The predicted octanol–water partition coefficient (Wildman–Crippen LogP) is 3.37. The van der Waals surface area contributed by atoms with E-state index in [-0.39, 0.29) is 5.41 Å². The number of hydrazone groups is 1. The van der Waals surface area contributed by atoms with Crippen LogP contribution in [0.4, 0.5) is 0 Å². The molecule has 0 unspecified atom stereocenters. The molecule has 4 rings (SSSR count). The highest BCUT2D eigenvalue weighted by molar-refractivity contribution is 5.86. The number of hydrogen-bond acceptors (Lipinski definition) is 6. The molecule has 2 aromatic rings. The summed E-state index contributed by atoms with van der Waals surface area (Å²) in [5.74, 6) is 1.59. The van der Waals surface area contributed by atoms with Gasteiger partial charge in [-0.1, -0.05) is 12.1 Å². The molecule has 1 aromatic carbocycles. The highest BCUT2D eigenvalue weighted by Gasteiger charge is 2.49. The van der Waals surface area contributed by atoms with E-state index in [0.29, 0.717) is 12.6 Å². The lowest BCUT2D eigenvalue weighted by Crippen LogP contribution is -2.46. The quantitative estimate of drug-likeness (QED) is 0.762. The number of benzene rings is 1. The zero-order chi connectivity index (χ0) is 20.3. The van der Waals surface area contributed by atoms with Crippen molar-refractivity contribution in [2.24, 2.45) is 5.10 Å².